The van der Waals surface area contributed by atoms with Gasteiger partial charge < -0.3 is 5.32 Å². The third-order valence-corrected chi connectivity index (χ3v) is 3.08. The Labute approximate surface area is 91.5 Å². The summed E-state index contributed by atoms with van der Waals surface area (Å²) in [7, 11) is 1.91. The first-order valence-electron chi connectivity index (χ1n) is 5.61. The molecule has 0 aliphatic carbocycles. The molecule has 1 aromatic rings. The van der Waals surface area contributed by atoms with Gasteiger partial charge in [-0.1, -0.05) is 6.07 Å². The largest absolute Gasteiger partial charge is 0.373 e. The molecule has 82 valence electrons. The maximum Gasteiger partial charge on any atom is 0.126 e. The highest BCUT2D eigenvalue weighted by molar-refractivity contribution is 5.38. The molecular formula is C12H19N3. The summed E-state index contributed by atoms with van der Waals surface area (Å²) in [5.74, 6) is 0.972. The molecule has 0 bridgehead atoms. The van der Waals surface area contributed by atoms with Crippen LogP contribution in [0.4, 0.5) is 5.82 Å². The fraction of sp³-hybridized carbons (Fsp3) is 0.583. The number of hydrogen-bond acceptors (Lipinski definition) is 3. The molecule has 1 N–H and O–H groups in total. The zero-order chi connectivity index (χ0) is 10.8. The van der Waals surface area contributed by atoms with E-state index in [1.807, 2.05) is 7.05 Å². The number of nitrogens with one attached hydrogen (secondary N) is 1. The predicted molar refractivity (Wildman–Crippen MR) is 63.0 cm³/mol. The molecule has 3 nitrogen and oxygen atoms in total. The minimum absolute atomic E-state index is 0.609. The fourth-order valence-corrected chi connectivity index (χ4v) is 2.01. The van der Waals surface area contributed by atoms with Crippen LogP contribution >= 0.6 is 0 Å². The molecule has 0 aromatic carbocycles. The van der Waals surface area contributed by atoms with Crippen LogP contribution < -0.4 is 5.32 Å². The Morgan fingerprint density at radius 3 is 2.87 bits per heavy atom. The lowest BCUT2D eigenvalue weighted by atomic mass is 10.0. The van der Waals surface area contributed by atoms with Gasteiger partial charge >= 0.3 is 0 Å². The van der Waals surface area contributed by atoms with Gasteiger partial charge in [-0.15, -0.1) is 0 Å². The molecule has 0 spiro atoms. The molecule has 0 amide bonds. The summed E-state index contributed by atoms with van der Waals surface area (Å²) < 4.78 is 0. The first kappa shape index (κ1) is 10.4. The van der Waals surface area contributed by atoms with Crippen LogP contribution in [0.3, 0.4) is 0 Å². The van der Waals surface area contributed by atoms with Crippen LogP contribution in [0.1, 0.15) is 25.1 Å². The van der Waals surface area contributed by atoms with E-state index in [1.54, 1.807) is 0 Å². The highest BCUT2D eigenvalue weighted by atomic mass is 15.2. The lowest BCUT2D eigenvalue weighted by molar-refractivity contribution is 0.200. The Morgan fingerprint density at radius 1 is 1.40 bits per heavy atom. The number of anilines is 1. The van der Waals surface area contributed by atoms with Crippen molar-refractivity contribution in [2.75, 3.05) is 18.9 Å². The molecule has 2 rings (SSSR count). The van der Waals surface area contributed by atoms with E-state index < -0.39 is 0 Å². The molecule has 0 unspecified atom stereocenters. The highest BCUT2D eigenvalue weighted by Gasteiger charge is 2.19. The van der Waals surface area contributed by atoms with Crippen molar-refractivity contribution in [3.05, 3.63) is 23.4 Å². The van der Waals surface area contributed by atoms with Gasteiger partial charge in [-0.3, -0.25) is 4.90 Å². The summed E-state index contributed by atoms with van der Waals surface area (Å²) in [6.45, 7) is 6.63. The Bertz CT molecular complexity index is 347. The van der Waals surface area contributed by atoms with E-state index in [2.05, 4.69) is 41.2 Å². The third-order valence-electron chi connectivity index (χ3n) is 3.08. The summed E-state index contributed by atoms with van der Waals surface area (Å²) in [4.78, 5) is 7.08. The van der Waals surface area contributed by atoms with Crippen molar-refractivity contribution in [2.45, 2.75) is 32.9 Å². The molecule has 0 saturated heterocycles. The van der Waals surface area contributed by atoms with E-state index in [0.29, 0.717) is 6.04 Å². The van der Waals surface area contributed by atoms with Crippen LogP contribution in [0.15, 0.2) is 12.1 Å². The zero-order valence-electron chi connectivity index (χ0n) is 9.75. The monoisotopic (exact) mass is 205 g/mol. The number of nitrogens with zero attached hydrogens (tertiary/aromatic N) is 2. The van der Waals surface area contributed by atoms with Gasteiger partial charge in [0.05, 0.1) is 5.69 Å². The summed E-state index contributed by atoms with van der Waals surface area (Å²) in [6.07, 6.45) is 1.13. The summed E-state index contributed by atoms with van der Waals surface area (Å²) >= 11 is 0. The quantitative estimate of drug-likeness (QED) is 0.799. The Morgan fingerprint density at radius 2 is 2.20 bits per heavy atom. The van der Waals surface area contributed by atoms with Gasteiger partial charge in [0.25, 0.3) is 0 Å². The zero-order valence-corrected chi connectivity index (χ0v) is 9.75. The molecule has 1 aromatic heterocycles. The highest BCUT2D eigenvalue weighted by Crippen LogP contribution is 2.20. The standard InChI is InChI=1S/C12H19N3/c1-9(2)15-7-6-10-4-5-12(13-3)14-11(10)8-15/h4-5,9H,6-8H2,1-3H3,(H,13,14). The van der Waals surface area contributed by atoms with E-state index in [1.165, 1.54) is 11.3 Å². The van der Waals surface area contributed by atoms with Crippen molar-refractivity contribution in [3.63, 3.8) is 0 Å². The summed E-state index contributed by atoms with van der Waals surface area (Å²) in [5, 5.41) is 3.09. The molecule has 1 aliphatic rings. The number of aromatic nitrogens is 1. The van der Waals surface area contributed by atoms with Crippen LogP contribution in [0.5, 0.6) is 0 Å². The smallest absolute Gasteiger partial charge is 0.126 e. The van der Waals surface area contributed by atoms with Gasteiger partial charge in [0, 0.05) is 26.2 Å². The summed E-state index contributed by atoms with van der Waals surface area (Å²) in [5.41, 5.74) is 2.65. The van der Waals surface area contributed by atoms with Crippen LogP contribution in [0, 0.1) is 0 Å². The van der Waals surface area contributed by atoms with Gasteiger partial charge in [0.2, 0.25) is 0 Å². The molecule has 15 heavy (non-hydrogen) atoms. The van der Waals surface area contributed by atoms with Crippen LogP contribution in [-0.2, 0) is 13.0 Å². The van der Waals surface area contributed by atoms with Crippen LogP contribution in [-0.4, -0.2) is 29.5 Å². The lowest BCUT2D eigenvalue weighted by Gasteiger charge is -2.31. The van der Waals surface area contributed by atoms with E-state index >= 15 is 0 Å². The van der Waals surface area contributed by atoms with Gasteiger partial charge in [-0.05, 0) is 31.9 Å². The van der Waals surface area contributed by atoms with Gasteiger partial charge in [0.15, 0.2) is 0 Å². The first-order valence-corrected chi connectivity index (χ1v) is 5.61. The number of rotatable bonds is 2. The molecule has 0 atom stereocenters. The van der Waals surface area contributed by atoms with Crippen molar-refractivity contribution < 1.29 is 0 Å². The minimum atomic E-state index is 0.609. The molecule has 1 aliphatic heterocycles. The number of pyridine rings is 1. The van der Waals surface area contributed by atoms with Crippen molar-refractivity contribution >= 4 is 5.82 Å². The molecule has 0 radical (unpaired) electrons. The second-order valence-corrected chi connectivity index (χ2v) is 4.37. The normalized spacial score (nSPS) is 16.5. The van der Waals surface area contributed by atoms with Crippen LogP contribution in [0.25, 0.3) is 0 Å². The van der Waals surface area contributed by atoms with E-state index in [4.69, 9.17) is 0 Å². The van der Waals surface area contributed by atoms with Gasteiger partial charge in [-0.25, -0.2) is 4.98 Å². The minimum Gasteiger partial charge on any atom is -0.373 e. The Hall–Kier alpha value is -1.09. The van der Waals surface area contributed by atoms with E-state index in [-0.39, 0.29) is 0 Å². The van der Waals surface area contributed by atoms with Gasteiger partial charge in [0.1, 0.15) is 5.82 Å². The van der Waals surface area contributed by atoms with Gasteiger partial charge in [-0.2, -0.15) is 0 Å². The lowest BCUT2D eigenvalue weighted by Crippen LogP contribution is -2.36. The molecular weight excluding hydrogens is 186 g/mol. The van der Waals surface area contributed by atoms with E-state index in [9.17, 15) is 0 Å². The molecule has 0 saturated carbocycles. The maximum absolute atomic E-state index is 4.61. The second-order valence-electron chi connectivity index (χ2n) is 4.37. The molecule has 0 fully saturated rings. The first-order chi connectivity index (χ1) is 7.20. The fourth-order valence-electron chi connectivity index (χ4n) is 2.01. The number of hydrogen-bond donors (Lipinski definition) is 1. The van der Waals surface area contributed by atoms with Crippen LogP contribution in [0.2, 0.25) is 0 Å². The SMILES string of the molecule is CNc1ccc2c(n1)CN(C(C)C)CC2. The van der Waals surface area contributed by atoms with Crippen molar-refractivity contribution in [1.29, 1.82) is 0 Å². The Kier molecular flexibility index (Phi) is 2.91. The maximum atomic E-state index is 4.61. The average Bonchev–Trinajstić information content (AvgIpc) is 2.27. The molecule has 2 heterocycles. The third kappa shape index (κ3) is 2.12. The second kappa shape index (κ2) is 4.19. The van der Waals surface area contributed by atoms with Crippen molar-refractivity contribution in [3.8, 4) is 0 Å². The topological polar surface area (TPSA) is 28.2 Å². The summed E-state index contributed by atoms with van der Waals surface area (Å²) in [6, 6.07) is 4.87. The molecule has 3 heteroatoms. The Balaban J connectivity index is 2.23. The predicted octanol–water partition coefficient (Wildman–Crippen LogP) is 1.89. The van der Waals surface area contributed by atoms with E-state index in [0.717, 1.165) is 25.3 Å². The van der Waals surface area contributed by atoms with Crippen molar-refractivity contribution in [2.24, 2.45) is 0 Å². The van der Waals surface area contributed by atoms with Crippen molar-refractivity contribution in [1.82, 2.24) is 9.88 Å². The number of fused-ring (bicyclic) bond motifs is 1. The average molecular weight is 205 g/mol.